The number of carbonyl (C=O) groups excluding carboxylic acids is 1. The minimum absolute atomic E-state index is 0.0752. The molecule has 4 rings (SSSR count). The SMILES string of the molecule is Cc1ccc2nc(C)c(C(=O)Nc3cccc(S(=O)(=O)NC4=NCCCCC4)c3)cc2c1. The fraction of sp³-hybridized carbons (Fsp3) is 0.292. The Kier molecular flexibility index (Phi) is 6.23. The second-order valence-electron chi connectivity index (χ2n) is 8.04. The van der Waals surface area contributed by atoms with Crippen LogP contribution >= 0.6 is 0 Å². The summed E-state index contributed by atoms with van der Waals surface area (Å²) in [6, 6.07) is 13.9. The molecule has 0 bridgehead atoms. The van der Waals surface area contributed by atoms with E-state index in [1.54, 1.807) is 19.1 Å². The van der Waals surface area contributed by atoms with Gasteiger partial charge in [0, 0.05) is 24.0 Å². The van der Waals surface area contributed by atoms with Gasteiger partial charge in [0.15, 0.2) is 0 Å². The number of nitrogens with one attached hydrogen (secondary N) is 2. The van der Waals surface area contributed by atoms with Crippen molar-refractivity contribution in [2.45, 2.75) is 44.4 Å². The van der Waals surface area contributed by atoms with Gasteiger partial charge < -0.3 is 5.32 Å². The highest BCUT2D eigenvalue weighted by Gasteiger charge is 2.19. The zero-order valence-electron chi connectivity index (χ0n) is 18.2. The third-order valence-corrected chi connectivity index (χ3v) is 6.81. The molecule has 0 aliphatic carbocycles. The Bertz CT molecular complexity index is 1320. The summed E-state index contributed by atoms with van der Waals surface area (Å²) in [7, 11) is -3.79. The van der Waals surface area contributed by atoms with E-state index in [0.717, 1.165) is 35.7 Å². The number of anilines is 1. The van der Waals surface area contributed by atoms with Crippen LogP contribution in [0.3, 0.4) is 0 Å². The number of aliphatic imine (C=N–C) groups is 1. The summed E-state index contributed by atoms with van der Waals surface area (Å²) in [4.78, 5) is 21.9. The largest absolute Gasteiger partial charge is 0.322 e. The summed E-state index contributed by atoms with van der Waals surface area (Å²) in [5, 5.41) is 3.68. The number of hydrogen-bond acceptors (Lipinski definition) is 5. The van der Waals surface area contributed by atoms with E-state index in [2.05, 4.69) is 20.0 Å². The fourth-order valence-electron chi connectivity index (χ4n) is 3.73. The van der Waals surface area contributed by atoms with Crippen LogP contribution in [0.5, 0.6) is 0 Å². The number of hydrogen-bond donors (Lipinski definition) is 2. The second kappa shape index (κ2) is 9.08. The number of amidine groups is 1. The molecule has 2 heterocycles. The van der Waals surface area contributed by atoms with Crippen LogP contribution < -0.4 is 10.0 Å². The number of nitrogens with zero attached hydrogens (tertiary/aromatic N) is 2. The number of carbonyl (C=O) groups is 1. The third kappa shape index (κ3) is 4.96. The van der Waals surface area contributed by atoms with Gasteiger partial charge in [0.05, 0.1) is 21.7 Å². The molecule has 7 nitrogen and oxygen atoms in total. The van der Waals surface area contributed by atoms with Crippen molar-refractivity contribution in [3.8, 4) is 0 Å². The monoisotopic (exact) mass is 450 g/mol. The average Bonchev–Trinajstić information content (AvgIpc) is 3.02. The highest BCUT2D eigenvalue weighted by atomic mass is 32.2. The molecule has 166 valence electrons. The zero-order valence-corrected chi connectivity index (χ0v) is 19.0. The Labute approximate surface area is 188 Å². The molecule has 0 radical (unpaired) electrons. The third-order valence-electron chi connectivity index (χ3n) is 5.43. The van der Waals surface area contributed by atoms with Crippen molar-refractivity contribution in [1.29, 1.82) is 0 Å². The first-order valence-electron chi connectivity index (χ1n) is 10.7. The van der Waals surface area contributed by atoms with Crippen LogP contribution in [-0.2, 0) is 10.0 Å². The van der Waals surface area contributed by atoms with Crippen molar-refractivity contribution < 1.29 is 13.2 Å². The molecule has 0 saturated heterocycles. The molecule has 1 aromatic heterocycles. The summed E-state index contributed by atoms with van der Waals surface area (Å²) in [6.45, 7) is 4.40. The van der Waals surface area contributed by atoms with Crippen molar-refractivity contribution in [2.24, 2.45) is 4.99 Å². The molecular weight excluding hydrogens is 424 g/mol. The number of sulfonamides is 1. The highest BCUT2D eigenvalue weighted by molar-refractivity contribution is 7.90. The normalized spacial score (nSPS) is 14.5. The van der Waals surface area contributed by atoms with Gasteiger partial charge in [0.1, 0.15) is 5.84 Å². The average molecular weight is 451 g/mol. The smallest absolute Gasteiger partial charge is 0.262 e. The lowest BCUT2D eigenvalue weighted by Gasteiger charge is -2.12. The van der Waals surface area contributed by atoms with Crippen LogP contribution in [0.25, 0.3) is 10.9 Å². The van der Waals surface area contributed by atoms with Gasteiger partial charge in [0.25, 0.3) is 15.9 Å². The lowest BCUT2D eigenvalue weighted by molar-refractivity contribution is 0.102. The van der Waals surface area contributed by atoms with Gasteiger partial charge in [0.2, 0.25) is 0 Å². The Morgan fingerprint density at radius 1 is 1.00 bits per heavy atom. The maximum absolute atomic E-state index is 12.9. The van der Waals surface area contributed by atoms with E-state index in [9.17, 15) is 13.2 Å². The standard InChI is InChI=1S/C24H26N4O3S/c1-16-10-11-22-18(13-16)14-21(17(2)26-22)24(29)27-19-7-6-8-20(15-19)32(30,31)28-23-9-4-3-5-12-25-23/h6-8,10-11,13-15H,3-5,9,12H2,1-2H3,(H,25,28)(H,27,29). The second-order valence-corrected chi connectivity index (χ2v) is 9.73. The number of pyridine rings is 1. The van der Waals surface area contributed by atoms with Gasteiger partial charge in [-0.25, -0.2) is 8.42 Å². The molecule has 8 heteroatoms. The van der Waals surface area contributed by atoms with Crippen molar-refractivity contribution >= 4 is 38.4 Å². The van der Waals surface area contributed by atoms with Gasteiger partial charge in [-0.15, -0.1) is 0 Å². The molecule has 2 N–H and O–H groups in total. The molecule has 0 fully saturated rings. The maximum Gasteiger partial charge on any atom is 0.262 e. The quantitative estimate of drug-likeness (QED) is 0.617. The Balaban J connectivity index is 1.56. The number of rotatable bonds is 4. The Hall–Kier alpha value is -3.26. The molecule has 1 aliphatic rings. The lowest BCUT2D eigenvalue weighted by atomic mass is 10.1. The predicted octanol–water partition coefficient (Wildman–Crippen LogP) is 4.35. The van der Waals surface area contributed by atoms with E-state index in [4.69, 9.17) is 0 Å². The minimum Gasteiger partial charge on any atom is -0.322 e. The Morgan fingerprint density at radius 2 is 1.84 bits per heavy atom. The van der Waals surface area contributed by atoms with Gasteiger partial charge in [-0.05, 0) is 63.1 Å². The summed E-state index contributed by atoms with van der Waals surface area (Å²) >= 11 is 0. The van der Waals surface area contributed by atoms with E-state index in [1.807, 2.05) is 31.2 Å². The van der Waals surface area contributed by atoms with E-state index < -0.39 is 10.0 Å². The molecule has 2 aromatic carbocycles. The van der Waals surface area contributed by atoms with Crippen LogP contribution in [0, 0.1) is 13.8 Å². The molecular formula is C24H26N4O3S. The Morgan fingerprint density at radius 3 is 2.69 bits per heavy atom. The van der Waals surface area contributed by atoms with Crippen LogP contribution in [0.2, 0.25) is 0 Å². The summed E-state index contributed by atoms with van der Waals surface area (Å²) in [5.74, 6) is 0.152. The first-order valence-corrected chi connectivity index (χ1v) is 12.2. The fourth-order valence-corrected chi connectivity index (χ4v) is 4.87. The maximum atomic E-state index is 12.9. The number of fused-ring (bicyclic) bond motifs is 1. The van der Waals surface area contributed by atoms with Crippen LogP contribution in [0.1, 0.15) is 47.3 Å². The number of aryl methyl sites for hydroxylation is 2. The van der Waals surface area contributed by atoms with Gasteiger partial charge >= 0.3 is 0 Å². The summed E-state index contributed by atoms with van der Waals surface area (Å²) < 4.78 is 28.3. The number of benzene rings is 2. The highest BCUT2D eigenvalue weighted by Crippen LogP contribution is 2.21. The summed E-state index contributed by atoms with van der Waals surface area (Å²) in [5.41, 5.74) is 3.35. The van der Waals surface area contributed by atoms with Crippen LogP contribution in [0.4, 0.5) is 5.69 Å². The van der Waals surface area contributed by atoms with Gasteiger partial charge in [-0.3, -0.25) is 19.5 Å². The van der Waals surface area contributed by atoms with E-state index >= 15 is 0 Å². The van der Waals surface area contributed by atoms with E-state index in [1.165, 1.54) is 12.1 Å². The van der Waals surface area contributed by atoms with Gasteiger partial charge in [-0.2, -0.15) is 0 Å². The van der Waals surface area contributed by atoms with Crippen LogP contribution in [-0.4, -0.2) is 31.7 Å². The zero-order chi connectivity index (χ0) is 22.7. The van der Waals surface area contributed by atoms with Gasteiger partial charge in [-0.1, -0.05) is 24.1 Å². The molecule has 1 aliphatic heterocycles. The molecule has 32 heavy (non-hydrogen) atoms. The van der Waals surface area contributed by atoms with Crippen LogP contribution in [0.15, 0.2) is 58.4 Å². The van der Waals surface area contributed by atoms with Crippen molar-refractivity contribution in [2.75, 3.05) is 11.9 Å². The minimum atomic E-state index is -3.79. The topological polar surface area (TPSA) is 101 Å². The first-order chi connectivity index (χ1) is 15.3. The van der Waals surface area contributed by atoms with Crippen molar-refractivity contribution in [3.05, 3.63) is 65.4 Å². The lowest BCUT2D eigenvalue weighted by Crippen LogP contribution is -2.30. The molecule has 0 atom stereocenters. The number of aromatic nitrogens is 1. The number of amides is 1. The first kappa shape index (κ1) is 22.0. The van der Waals surface area contributed by atoms with Crippen molar-refractivity contribution in [3.63, 3.8) is 0 Å². The molecule has 1 amide bonds. The summed E-state index contributed by atoms with van der Waals surface area (Å²) in [6.07, 6.45) is 3.54. The molecule has 0 unspecified atom stereocenters. The predicted molar refractivity (Wildman–Crippen MR) is 127 cm³/mol. The van der Waals surface area contributed by atoms with E-state index in [0.29, 0.717) is 35.7 Å². The van der Waals surface area contributed by atoms with Crippen molar-refractivity contribution in [1.82, 2.24) is 9.71 Å². The molecule has 0 spiro atoms. The van der Waals surface area contributed by atoms with E-state index in [-0.39, 0.29) is 10.8 Å². The molecule has 3 aromatic rings. The molecule has 0 saturated carbocycles.